The highest BCUT2D eigenvalue weighted by Gasteiger charge is 2.34. The molecule has 0 aromatic carbocycles. The summed E-state index contributed by atoms with van der Waals surface area (Å²) in [6.07, 6.45) is 8.76. The predicted molar refractivity (Wildman–Crippen MR) is 99.1 cm³/mol. The molecular formula is C20H29N5. The van der Waals surface area contributed by atoms with Crippen molar-refractivity contribution < 1.29 is 0 Å². The number of aromatic nitrogens is 3. The van der Waals surface area contributed by atoms with Crippen LogP contribution in [-0.4, -0.2) is 50.2 Å². The minimum Gasteiger partial charge on any atom is -0.297 e. The average Bonchev–Trinajstić information content (AvgIpc) is 2.78. The van der Waals surface area contributed by atoms with E-state index in [2.05, 4.69) is 56.7 Å². The zero-order valence-corrected chi connectivity index (χ0v) is 15.4. The number of hydrogen-bond acceptors (Lipinski definition) is 4. The number of fused-ring (bicyclic) bond motifs is 4. The SMILES string of the molecule is CCn1cc(CN2C[C@@H]3CC[C@H]2CN(Cc2ccncc2)C3)c(C)n1. The third kappa shape index (κ3) is 3.77. The van der Waals surface area contributed by atoms with Crippen LogP contribution in [0.4, 0.5) is 0 Å². The van der Waals surface area contributed by atoms with E-state index in [1.807, 2.05) is 12.4 Å². The van der Waals surface area contributed by atoms with Crippen LogP contribution in [0.2, 0.25) is 0 Å². The number of rotatable bonds is 5. The Morgan fingerprint density at radius 1 is 1.08 bits per heavy atom. The molecule has 2 aromatic heterocycles. The van der Waals surface area contributed by atoms with Gasteiger partial charge < -0.3 is 0 Å². The summed E-state index contributed by atoms with van der Waals surface area (Å²) in [6.45, 7) is 11.0. The molecule has 5 nitrogen and oxygen atoms in total. The Hall–Kier alpha value is -1.72. The van der Waals surface area contributed by atoms with Crippen LogP contribution in [0.3, 0.4) is 0 Å². The molecule has 5 rings (SSSR count). The van der Waals surface area contributed by atoms with Crippen LogP contribution in [0.5, 0.6) is 0 Å². The highest BCUT2D eigenvalue weighted by atomic mass is 15.3. The van der Waals surface area contributed by atoms with Crippen molar-refractivity contribution in [2.45, 2.75) is 52.4 Å². The lowest BCUT2D eigenvalue weighted by Gasteiger charge is -2.36. The van der Waals surface area contributed by atoms with Gasteiger partial charge in [0.1, 0.15) is 0 Å². The van der Waals surface area contributed by atoms with Gasteiger partial charge in [-0.05, 0) is 50.3 Å². The molecule has 5 heteroatoms. The number of aryl methyl sites for hydroxylation is 2. The summed E-state index contributed by atoms with van der Waals surface area (Å²) in [5, 5.41) is 4.62. The summed E-state index contributed by atoms with van der Waals surface area (Å²) < 4.78 is 2.07. The molecule has 3 fully saturated rings. The van der Waals surface area contributed by atoms with E-state index in [0.29, 0.717) is 6.04 Å². The van der Waals surface area contributed by atoms with Crippen molar-refractivity contribution in [2.75, 3.05) is 19.6 Å². The fraction of sp³-hybridized carbons (Fsp3) is 0.600. The quantitative estimate of drug-likeness (QED) is 0.839. The molecule has 0 N–H and O–H groups in total. The normalized spacial score (nSPS) is 24.6. The number of pyridine rings is 1. The van der Waals surface area contributed by atoms with Crippen LogP contribution >= 0.6 is 0 Å². The van der Waals surface area contributed by atoms with Gasteiger partial charge in [-0.15, -0.1) is 0 Å². The number of hydrogen-bond donors (Lipinski definition) is 0. The first-order chi connectivity index (χ1) is 12.2. The van der Waals surface area contributed by atoms with E-state index in [4.69, 9.17) is 0 Å². The first-order valence-electron chi connectivity index (χ1n) is 9.59. The van der Waals surface area contributed by atoms with Crippen molar-refractivity contribution in [3.63, 3.8) is 0 Å². The largest absolute Gasteiger partial charge is 0.297 e. The minimum atomic E-state index is 0.671. The molecule has 0 unspecified atom stereocenters. The number of nitrogens with zero attached hydrogens (tertiary/aromatic N) is 5. The van der Waals surface area contributed by atoms with Crippen LogP contribution < -0.4 is 0 Å². The lowest BCUT2D eigenvalue weighted by atomic mass is 9.94. The summed E-state index contributed by atoms with van der Waals surface area (Å²) in [6, 6.07) is 4.96. The molecule has 3 aliphatic heterocycles. The lowest BCUT2D eigenvalue weighted by Crippen LogP contribution is -2.43. The second-order valence-electron chi connectivity index (χ2n) is 7.67. The molecule has 0 saturated carbocycles. The Morgan fingerprint density at radius 3 is 2.68 bits per heavy atom. The monoisotopic (exact) mass is 339 g/mol. The molecule has 3 saturated heterocycles. The molecule has 0 radical (unpaired) electrons. The van der Waals surface area contributed by atoms with Crippen LogP contribution in [0.15, 0.2) is 30.7 Å². The Balaban J connectivity index is 1.45. The lowest BCUT2D eigenvalue weighted by molar-refractivity contribution is 0.123. The standard InChI is InChI=1S/C20H29N5/c1-3-25-14-19(16(2)22-25)13-24-12-18-4-5-20(24)15-23(11-18)10-17-6-8-21-9-7-17/h6-9,14,18,20H,3-5,10-13,15H2,1-2H3/t18-,20+/m1/s1. The maximum absolute atomic E-state index is 4.62. The first-order valence-corrected chi connectivity index (χ1v) is 9.59. The van der Waals surface area contributed by atoms with E-state index < -0.39 is 0 Å². The molecule has 2 aromatic rings. The van der Waals surface area contributed by atoms with Gasteiger partial charge in [0.2, 0.25) is 0 Å². The van der Waals surface area contributed by atoms with E-state index in [0.717, 1.165) is 25.6 Å². The van der Waals surface area contributed by atoms with Gasteiger partial charge in [-0.2, -0.15) is 5.10 Å². The van der Waals surface area contributed by atoms with E-state index in [1.165, 1.54) is 49.3 Å². The van der Waals surface area contributed by atoms with Crippen LogP contribution in [0.25, 0.3) is 0 Å². The maximum Gasteiger partial charge on any atom is 0.0638 e. The topological polar surface area (TPSA) is 37.2 Å². The zero-order chi connectivity index (χ0) is 17.2. The molecule has 3 aliphatic rings. The van der Waals surface area contributed by atoms with E-state index >= 15 is 0 Å². The molecule has 2 bridgehead atoms. The van der Waals surface area contributed by atoms with Gasteiger partial charge in [-0.1, -0.05) is 0 Å². The summed E-state index contributed by atoms with van der Waals surface area (Å²) in [5.74, 6) is 0.794. The Morgan fingerprint density at radius 2 is 1.92 bits per heavy atom. The van der Waals surface area contributed by atoms with E-state index in [9.17, 15) is 0 Å². The van der Waals surface area contributed by atoms with Crippen molar-refractivity contribution >= 4 is 0 Å². The third-order valence-corrected chi connectivity index (χ3v) is 5.80. The van der Waals surface area contributed by atoms with E-state index in [1.54, 1.807) is 0 Å². The molecular weight excluding hydrogens is 310 g/mol. The second kappa shape index (κ2) is 7.26. The summed E-state index contributed by atoms with van der Waals surface area (Å²) >= 11 is 0. The fourth-order valence-corrected chi connectivity index (χ4v) is 4.44. The van der Waals surface area contributed by atoms with Gasteiger partial charge in [0, 0.05) is 69.5 Å². The molecule has 25 heavy (non-hydrogen) atoms. The molecule has 134 valence electrons. The Bertz CT molecular complexity index is 695. The first kappa shape index (κ1) is 16.7. The van der Waals surface area contributed by atoms with Gasteiger partial charge in [0.15, 0.2) is 0 Å². The minimum absolute atomic E-state index is 0.671. The van der Waals surface area contributed by atoms with Crippen molar-refractivity contribution in [1.82, 2.24) is 24.6 Å². The van der Waals surface area contributed by atoms with Crippen LogP contribution in [-0.2, 0) is 19.6 Å². The average molecular weight is 339 g/mol. The van der Waals surface area contributed by atoms with Crippen molar-refractivity contribution in [2.24, 2.45) is 5.92 Å². The molecule has 0 spiro atoms. The molecule has 0 aliphatic carbocycles. The van der Waals surface area contributed by atoms with Gasteiger partial charge in [-0.3, -0.25) is 19.5 Å². The van der Waals surface area contributed by atoms with E-state index in [-0.39, 0.29) is 0 Å². The van der Waals surface area contributed by atoms with Gasteiger partial charge in [0.05, 0.1) is 5.69 Å². The van der Waals surface area contributed by atoms with Crippen molar-refractivity contribution in [1.29, 1.82) is 0 Å². The fourth-order valence-electron chi connectivity index (χ4n) is 4.44. The molecule has 0 amide bonds. The van der Waals surface area contributed by atoms with Crippen molar-refractivity contribution in [3.05, 3.63) is 47.5 Å². The van der Waals surface area contributed by atoms with Crippen LogP contribution in [0.1, 0.15) is 36.6 Å². The highest BCUT2D eigenvalue weighted by molar-refractivity contribution is 5.16. The van der Waals surface area contributed by atoms with Gasteiger partial charge >= 0.3 is 0 Å². The summed E-state index contributed by atoms with van der Waals surface area (Å²) in [4.78, 5) is 9.51. The van der Waals surface area contributed by atoms with Crippen molar-refractivity contribution in [3.8, 4) is 0 Å². The zero-order valence-electron chi connectivity index (χ0n) is 15.4. The smallest absolute Gasteiger partial charge is 0.0638 e. The summed E-state index contributed by atoms with van der Waals surface area (Å²) in [5.41, 5.74) is 3.97. The number of piperidine rings is 1. The highest BCUT2D eigenvalue weighted by Crippen LogP contribution is 2.30. The molecule has 2 atom stereocenters. The molecule has 5 heterocycles. The maximum atomic E-state index is 4.62. The summed E-state index contributed by atoms with van der Waals surface area (Å²) in [7, 11) is 0. The third-order valence-electron chi connectivity index (χ3n) is 5.80. The second-order valence-corrected chi connectivity index (χ2v) is 7.67. The Kier molecular flexibility index (Phi) is 4.86. The van der Waals surface area contributed by atoms with Gasteiger partial charge in [-0.25, -0.2) is 0 Å². The van der Waals surface area contributed by atoms with Crippen LogP contribution in [0, 0.1) is 12.8 Å². The predicted octanol–water partition coefficient (Wildman–Crippen LogP) is 2.70. The van der Waals surface area contributed by atoms with Gasteiger partial charge in [0.25, 0.3) is 0 Å². The Labute approximate surface area is 150 Å².